The maximum Gasteiger partial charge on any atom is 0.417 e. The minimum Gasteiger partial charge on any atom is -0.472 e. The normalized spacial score (nSPS) is 23.9. The van der Waals surface area contributed by atoms with Crippen molar-refractivity contribution in [2.75, 3.05) is 0 Å². The topological polar surface area (TPSA) is 68.2 Å². The zero-order valence-corrected chi connectivity index (χ0v) is 18.0. The van der Waals surface area contributed by atoms with E-state index in [2.05, 4.69) is 15.0 Å². The number of hydrogen-bond donors (Lipinski definition) is 0. The summed E-state index contributed by atoms with van der Waals surface area (Å²) in [5.74, 6) is -0.635. The van der Waals surface area contributed by atoms with E-state index in [1.54, 1.807) is 29.2 Å². The monoisotopic (exact) mass is 472 g/mol. The molecule has 1 aromatic carbocycles. The fraction of sp³-hybridized carbons (Fsp3) is 0.333. The number of fused-ring (bicyclic) bond motifs is 2. The van der Waals surface area contributed by atoms with Crippen molar-refractivity contribution >= 4 is 5.91 Å². The van der Waals surface area contributed by atoms with Crippen LogP contribution in [0.25, 0.3) is 11.3 Å². The van der Waals surface area contributed by atoms with Gasteiger partial charge in [-0.15, -0.1) is 0 Å². The van der Waals surface area contributed by atoms with Crippen LogP contribution in [0.4, 0.5) is 17.6 Å². The van der Waals surface area contributed by atoms with Gasteiger partial charge in [0.2, 0.25) is 11.8 Å². The van der Waals surface area contributed by atoms with Gasteiger partial charge in [0.15, 0.2) is 0 Å². The molecule has 2 aliphatic rings. The van der Waals surface area contributed by atoms with Gasteiger partial charge in [-0.1, -0.05) is 18.2 Å². The van der Waals surface area contributed by atoms with E-state index in [1.165, 1.54) is 12.3 Å². The summed E-state index contributed by atoms with van der Waals surface area (Å²) in [6.07, 6.45) is -0.416. The summed E-state index contributed by atoms with van der Waals surface area (Å²) in [6, 6.07) is 8.78. The number of amides is 1. The van der Waals surface area contributed by atoms with Crippen LogP contribution < -0.4 is 4.74 Å². The van der Waals surface area contributed by atoms with Crippen molar-refractivity contribution < 1.29 is 27.1 Å². The Morgan fingerprint density at radius 1 is 1.03 bits per heavy atom. The molecule has 1 aliphatic carbocycles. The number of carbonyl (C=O) groups is 1. The number of piperidine rings is 1. The molecule has 5 rings (SSSR count). The maximum absolute atomic E-state index is 13.7. The Hall–Kier alpha value is -3.56. The molecular formula is C24H20F4N4O2. The number of pyridine rings is 1. The Kier molecular flexibility index (Phi) is 5.45. The average molecular weight is 472 g/mol. The fourth-order valence-corrected chi connectivity index (χ4v) is 4.95. The summed E-state index contributed by atoms with van der Waals surface area (Å²) in [6.45, 7) is 1.98. The first-order valence-electron chi connectivity index (χ1n) is 10.8. The number of halogens is 4. The highest BCUT2D eigenvalue weighted by molar-refractivity contribution is 6.01. The summed E-state index contributed by atoms with van der Waals surface area (Å²) >= 11 is 0. The molecule has 10 heteroatoms. The first-order valence-corrected chi connectivity index (χ1v) is 10.8. The molecule has 2 aromatic heterocycles. The highest BCUT2D eigenvalue weighted by Crippen LogP contribution is 2.45. The van der Waals surface area contributed by atoms with Gasteiger partial charge in [-0.3, -0.25) is 4.79 Å². The van der Waals surface area contributed by atoms with E-state index in [1.807, 2.05) is 6.92 Å². The quantitative estimate of drug-likeness (QED) is 0.512. The SMILES string of the molecule is CC1C2CC(Oc3ccc(C(F)(F)F)cn3)C(C2)N1C(=O)c1ccccc1-c1cnc(F)cn1. The van der Waals surface area contributed by atoms with Crippen LogP contribution in [-0.4, -0.2) is 43.9 Å². The molecule has 2 bridgehead atoms. The third-order valence-corrected chi connectivity index (χ3v) is 6.61. The van der Waals surface area contributed by atoms with Gasteiger partial charge in [0.1, 0.15) is 6.10 Å². The van der Waals surface area contributed by atoms with Gasteiger partial charge < -0.3 is 9.64 Å². The number of likely N-dealkylation sites (tertiary alicyclic amines) is 1. The van der Waals surface area contributed by atoms with Gasteiger partial charge in [-0.2, -0.15) is 17.6 Å². The molecule has 1 saturated carbocycles. The van der Waals surface area contributed by atoms with Crippen molar-refractivity contribution in [3.05, 3.63) is 72.1 Å². The molecule has 34 heavy (non-hydrogen) atoms. The van der Waals surface area contributed by atoms with Crippen molar-refractivity contribution in [1.82, 2.24) is 19.9 Å². The minimum absolute atomic E-state index is 0.0368. The third kappa shape index (κ3) is 3.97. The Morgan fingerprint density at radius 2 is 1.82 bits per heavy atom. The maximum atomic E-state index is 13.7. The number of benzene rings is 1. The van der Waals surface area contributed by atoms with Crippen LogP contribution >= 0.6 is 0 Å². The van der Waals surface area contributed by atoms with Crippen LogP contribution in [0, 0.1) is 11.9 Å². The lowest BCUT2D eigenvalue weighted by Gasteiger charge is -2.38. The number of alkyl halides is 3. The molecule has 3 heterocycles. The van der Waals surface area contributed by atoms with E-state index in [4.69, 9.17) is 4.74 Å². The highest BCUT2D eigenvalue weighted by atomic mass is 19.4. The summed E-state index contributed by atoms with van der Waals surface area (Å²) in [5, 5.41) is 0. The Balaban J connectivity index is 1.39. The second-order valence-corrected chi connectivity index (χ2v) is 8.56. The van der Waals surface area contributed by atoms with E-state index in [-0.39, 0.29) is 35.9 Å². The summed E-state index contributed by atoms with van der Waals surface area (Å²) in [4.78, 5) is 26.9. The lowest BCUT2D eigenvalue weighted by atomic mass is 9.97. The zero-order chi connectivity index (χ0) is 24.0. The van der Waals surface area contributed by atoms with Crippen LogP contribution in [-0.2, 0) is 6.18 Å². The van der Waals surface area contributed by atoms with Crippen LogP contribution in [0.2, 0.25) is 0 Å². The van der Waals surface area contributed by atoms with Crippen LogP contribution in [0.15, 0.2) is 55.0 Å². The molecule has 4 unspecified atom stereocenters. The van der Waals surface area contributed by atoms with Crippen molar-refractivity contribution in [3.63, 3.8) is 0 Å². The molecular weight excluding hydrogens is 452 g/mol. The lowest BCUT2D eigenvalue weighted by molar-refractivity contribution is -0.137. The van der Waals surface area contributed by atoms with Gasteiger partial charge in [0, 0.05) is 29.4 Å². The fourth-order valence-electron chi connectivity index (χ4n) is 4.95. The van der Waals surface area contributed by atoms with Crippen LogP contribution in [0.1, 0.15) is 35.7 Å². The molecule has 3 aromatic rings. The number of nitrogens with zero attached hydrogens (tertiary/aromatic N) is 4. The predicted molar refractivity (Wildman–Crippen MR) is 113 cm³/mol. The molecule has 1 aliphatic heterocycles. The number of carbonyl (C=O) groups excluding carboxylic acids is 1. The zero-order valence-electron chi connectivity index (χ0n) is 18.0. The van der Waals surface area contributed by atoms with Crippen molar-refractivity contribution in [1.29, 1.82) is 0 Å². The molecule has 1 amide bonds. The molecule has 4 atom stereocenters. The van der Waals surface area contributed by atoms with Crippen LogP contribution in [0.3, 0.4) is 0 Å². The van der Waals surface area contributed by atoms with E-state index in [9.17, 15) is 22.4 Å². The first kappa shape index (κ1) is 22.2. The van der Waals surface area contributed by atoms with Gasteiger partial charge in [-0.05, 0) is 37.8 Å². The number of rotatable bonds is 4. The minimum atomic E-state index is -4.47. The average Bonchev–Trinajstić information content (AvgIpc) is 3.36. The molecule has 6 nitrogen and oxygen atoms in total. The van der Waals surface area contributed by atoms with Gasteiger partial charge in [-0.25, -0.2) is 15.0 Å². The molecule has 1 saturated heterocycles. The summed E-state index contributed by atoms with van der Waals surface area (Å²) in [5.41, 5.74) is 0.480. The molecule has 176 valence electrons. The molecule has 0 spiro atoms. The largest absolute Gasteiger partial charge is 0.472 e. The summed E-state index contributed by atoms with van der Waals surface area (Å²) in [7, 11) is 0. The predicted octanol–water partition coefficient (Wildman–Crippen LogP) is 4.77. The van der Waals surface area contributed by atoms with E-state index >= 15 is 0 Å². The standard InChI is InChI=1S/C24H20F4N4O2/c1-13-14-8-19(20(9-14)34-22-7-6-15(10-31-22)24(26,27)28)32(13)23(33)17-5-3-2-4-16(17)18-11-30-21(25)12-29-18/h2-7,10-14,19-20H,8-9H2,1H3. The number of aromatic nitrogens is 3. The Bertz CT molecular complexity index is 1200. The van der Waals surface area contributed by atoms with E-state index in [0.29, 0.717) is 23.2 Å². The lowest BCUT2D eigenvalue weighted by Crippen LogP contribution is -2.51. The van der Waals surface area contributed by atoms with Crippen molar-refractivity contribution in [3.8, 4) is 17.1 Å². The van der Waals surface area contributed by atoms with E-state index < -0.39 is 17.7 Å². The van der Waals surface area contributed by atoms with Crippen molar-refractivity contribution in [2.45, 2.75) is 44.1 Å². The number of hydrogen-bond acceptors (Lipinski definition) is 5. The van der Waals surface area contributed by atoms with Crippen molar-refractivity contribution in [2.24, 2.45) is 5.92 Å². The second kappa shape index (κ2) is 8.34. The summed E-state index contributed by atoms with van der Waals surface area (Å²) < 4.78 is 57.6. The van der Waals surface area contributed by atoms with Gasteiger partial charge >= 0.3 is 6.18 Å². The Labute approximate surface area is 192 Å². The Morgan fingerprint density at radius 3 is 2.47 bits per heavy atom. The molecule has 0 N–H and O–H groups in total. The highest BCUT2D eigenvalue weighted by Gasteiger charge is 2.53. The molecule has 2 fully saturated rings. The molecule has 0 radical (unpaired) electrons. The van der Waals surface area contributed by atoms with Gasteiger partial charge in [0.25, 0.3) is 5.91 Å². The van der Waals surface area contributed by atoms with Crippen LogP contribution in [0.5, 0.6) is 5.88 Å². The van der Waals surface area contributed by atoms with Gasteiger partial charge in [0.05, 0.1) is 29.7 Å². The van der Waals surface area contributed by atoms with E-state index in [0.717, 1.165) is 24.9 Å². The third-order valence-electron chi connectivity index (χ3n) is 6.61. The number of ether oxygens (including phenoxy) is 1. The second-order valence-electron chi connectivity index (χ2n) is 8.56. The smallest absolute Gasteiger partial charge is 0.417 e. The first-order chi connectivity index (χ1) is 16.2.